The van der Waals surface area contributed by atoms with E-state index < -0.39 is 5.97 Å². The molecule has 0 saturated heterocycles. The molecule has 4 heteroatoms. The van der Waals surface area contributed by atoms with E-state index in [-0.39, 0.29) is 17.9 Å². The van der Waals surface area contributed by atoms with Gasteiger partial charge in [0.1, 0.15) is 5.76 Å². The summed E-state index contributed by atoms with van der Waals surface area (Å²) in [4.78, 5) is 11.0. The monoisotopic (exact) mass is 231 g/mol. The van der Waals surface area contributed by atoms with E-state index in [1.165, 1.54) is 6.92 Å². The summed E-state index contributed by atoms with van der Waals surface area (Å²) in [5.41, 5.74) is 0.957. The van der Waals surface area contributed by atoms with Crippen molar-refractivity contribution in [1.82, 2.24) is 4.57 Å². The predicted octanol–water partition coefficient (Wildman–Crippen LogP) is 2.56. The number of carboxylic acid groups (broad SMARTS) is 1. The highest BCUT2D eigenvalue weighted by molar-refractivity contribution is 5.87. The van der Waals surface area contributed by atoms with Crippen LogP contribution in [0.15, 0.2) is 47.9 Å². The summed E-state index contributed by atoms with van der Waals surface area (Å²) < 4.78 is 1.80. The van der Waals surface area contributed by atoms with Gasteiger partial charge >= 0.3 is 5.97 Å². The number of hydrogen-bond acceptors (Lipinski definition) is 2. The van der Waals surface area contributed by atoms with Crippen LogP contribution in [0.4, 0.5) is 0 Å². The average Bonchev–Trinajstić information content (AvgIpc) is 2.68. The Bertz CT molecular complexity index is 591. The number of benzene rings is 1. The van der Waals surface area contributed by atoms with Gasteiger partial charge in [-0.15, -0.1) is 0 Å². The highest BCUT2D eigenvalue weighted by atomic mass is 16.4. The summed E-state index contributed by atoms with van der Waals surface area (Å²) in [6, 6.07) is 9.62. The van der Waals surface area contributed by atoms with Gasteiger partial charge in [-0.1, -0.05) is 18.2 Å². The molecule has 0 aliphatic carbocycles. The Kier molecular flexibility index (Phi) is 2.87. The van der Waals surface area contributed by atoms with E-state index >= 15 is 0 Å². The van der Waals surface area contributed by atoms with Crippen LogP contribution in [0, 0.1) is 0 Å². The predicted molar refractivity (Wildman–Crippen MR) is 64.9 cm³/mol. The van der Waals surface area contributed by atoms with Gasteiger partial charge in [-0.3, -0.25) is 0 Å². The number of para-hydroxylation sites is 1. The number of rotatable bonds is 3. The van der Waals surface area contributed by atoms with Gasteiger partial charge in [-0.2, -0.15) is 0 Å². The van der Waals surface area contributed by atoms with Crippen molar-refractivity contribution < 1.29 is 15.0 Å². The summed E-state index contributed by atoms with van der Waals surface area (Å²) in [5.74, 6) is -1.25. The van der Waals surface area contributed by atoms with Crippen LogP contribution in [0.5, 0.6) is 0 Å². The van der Waals surface area contributed by atoms with Gasteiger partial charge in [0, 0.05) is 11.7 Å². The lowest BCUT2D eigenvalue weighted by molar-refractivity contribution is -0.133. The van der Waals surface area contributed by atoms with Crippen molar-refractivity contribution in [3.8, 4) is 0 Å². The normalized spacial score (nSPS) is 12.5. The van der Waals surface area contributed by atoms with Crippen molar-refractivity contribution in [1.29, 1.82) is 0 Å². The lowest BCUT2D eigenvalue weighted by Crippen LogP contribution is -2.10. The van der Waals surface area contributed by atoms with Crippen LogP contribution in [-0.2, 0) is 11.3 Å². The maximum atomic E-state index is 11.0. The zero-order chi connectivity index (χ0) is 12.4. The van der Waals surface area contributed by atoms with Crippen LogP contribution < -0.4 is 0 Å². The number of aromatic nitrogens is 1. The molecule has 2 rings (SSSR count). The van der Waals surface area contributed by atoms with Crippen molar-refractivity contribution in [3.63, 3.8) is 0 Å². The Morgan fingerprint density at radius 3 is 2.59 bits per heavy atom. The molecule has 0 aliphatic heterocycles. The van der Waals surface area contributed by atoms with E-state index in [1.54, 1.807) is 4.57 Å². The minimum Gasteiger partial charge on any atom is -0.512 e. The van der Waals surface area contributed by atoms with Crippen molar-refractivity contribution in [2.75, 3.05) is 0 Å². The van der Waals surface area contributed by atoms with Gasteiger partial charge in [-0.25, -0.2) is 4.79 Å². The first-order valence-electron chi connectivity index (χ1n) is 5.25. The lowest BCUT2D eigenvalue weighted by atomic mass is 10.2. The highest BCUT2D eigenvalue weighted by Gasteiger charge is 2.13. The second-order valence-electron chi connectivity index (χ2n) is 3.87. The van der Waals surface area contributed by atoms with E-state index in [9.17, 15) is 9.90 Å². The first-order chi connectivity index (χ1) is 8.09. The van der Waals surface area contributed by atoms with E-state index in [0.717, 1.165) is 10.9 Å². The minimum absolute atomic E-state index is 0.00588. The molecule has 0 radical (unpaired) electrons. The number of carbonyl (C=O) groups is 1. The molecule has 0 amide bonds. The molecule has 1 aromatic heterocycles. The molecule has 4 nitrogen and oxygen atoms in total. The van der Waals surface area contributed by atoms with E-state index in [2.05, 4.69) is 0 Å². The van der Waals surface area contributed by atoms with Gasteiger partial charge < -0.3 is 14.8 Å². The molecule has 0 saturated carbocycles. The Labute approximate surface area is 98.4 Å². The number of aliphatic carboxylic acids is 1. The third-order valence-corrected chi connectivity index (χ3v) is 2.70. The van der Waals surface area contributed by atoms with Crippen molar-refractivity contribution in [2.45, 2.75) is 13.5 Å². The van der Waals surface area contributed by atoms with E-state index in [1.807, 2.05) is 36.5 Å². The molecule has 0 unspecified atom stereocenters. The standard InChI is InChI=1S/C13H13NO3/c1-9(15)11(13(16)17)8-14-7-6-10-4-2-3-5-12(10)14/h2-7,15H,8H2,1H3,(H,16,17). The lowest BCUT2D eigenvalue weighted by Gasteiger charge is -2.07. The van der Waals surface area contributed by atoms with Gasteiger partial charge in [0.2, 0.25) is 0 Å². The molecule has 2 aromatic rings. The number of aliphatic hydroxyl groups is 1. The molecule has 1 aromatic carbocycles. The Hall–Kier alpha value is -2.23. The first-order valence-corrected chi connectivity index (χ1v) is 5.25. The van der Waals surface area contributed by atoms with Crippen LogP contribution in [0.3, 0.4) is 0 Å². The quantitative estimate of drug-likeness (QED) is 0.630. The smallest absolute Gasteiger partial charge is 0.336 e. The van der Waals surface area contributed by atoms with Crippen LogP contribution in [-0.4, -0.2) is 20.7 Å². The molecule has 2 N–H and O–H groups in total. The molecular formula is C13H13NO3. The van der Waals surface area contributed by atoms with Crippen molar-refractivity contribution in [3.05, 3.63) is 47.9 Å². The Morgan fingerprint density at radius 1 is 1.24 bits per heavy atom. The number of nitrogens with zero attached hydrogens (tertiary/aromatic N) is 1. The number of carboxylic acids is 1. The first kappa shape index (κ1) is 11.3. The molecule has 0 aliphatic rings. The molecule has 1 heterocycles. The molecule has 0 atom stereocenters. The molecule has 0 bridgehead atoms. The number of hydrogen-bond donors (Lipinski definition) is 2. The SMILES string of the molecule is CC(O)=C(Cn1ccc2ccccc21)C(=O)O. The summed E-state index contributed by atoms with van der Waals surface area (Å²) in [6.45, 7) is 1.54. The fourth-order valence-corrected chi connectivity index (χ4v) is 1.79. The van der Waals surface area contributed by atoms with Crippen LogP contribution >= 0.6 is 0 Å². The summed E-state index contributed by atoms with van der Waals surface area (Å²) in [5, 5.41) is 19.4. The summed E-state index contributed by atoms with van der Waals surface area (Å²) >= 11 is 0. The fraction of sp³-hybridized carbons (Fsp3) is 0.154. The second-order valence-corrected chi connectivity index (χ2v) is 3.87. The summed E-state index contributed by atoms with van der Waals surface area (Å²) in [6.07, 6.45) is 1.82. The third-order valence-electron chi connectivity index (χ3n) is 2.70. The zero-order valence-electron chi connectivity index (χ0n) is 9.42. The largest absolute Gasteiger partial charge is 0.512 e. The Balaban J connectivity index is 2.42. The number of allylic oxidation sites excluding steroid dienone is 1. The minimum atomic E-state index is -1.09. The molecule has 0 fully saturated rings. The highest BCUT2D eigenvalue weighted by Crippen LogP contribution is 2.17. The number of fused-ring (bicyclic) bond motifs is 1. The maximum absolute atomic E-state index is 11.0. The molecule has 17 heavy (non-hydrogen) atoms. The fourth-order valence-electron chi connectivity index (χ4n) is 1.79. The maximum Gasteiger partial charge on any atom is 0.336 e. The van der Waals surface area contributed by atoms with Crippen LogP contribution in [0.2, 0.25) is 0 Å². The average molecular weight is 231 g/mol. The third kappa shape index (κ3) is 2.15. The van der Waals surface area contributed by atoms with Crippen molar-refractivity contribution in [2.24, 2.45) is 0 Å². The van der Waals surface area contributed by atoms with Gasteiger partial charge in [-0.05, 0) is 24.4 Å². The summed E-state index contributed by atoms with van der Waals surface area (Å²) in [7, 11) is 0. The number of aliphatic hydroxyl groups excluding tert-OH is 1. The van der Waals surface area contributed by atoms with Crippen LogP contribution in [0.1, 0.15) is 6.92 Å². The Morgan fingerprint density at radius 2 is 1.94 bits per heavy atom. The van der Waals surface area contributed by atoms with Gasteiger partial charge in [0.25, 0.3) is 0 Å². The molecular weight excluding hydrogens is 218 g/mol. The van der Waals surface area contributed by atoms with Crippen LogP contribution in [0.25, 0.3) is 10.9 Å². The van der Waals surface area contributed by atoms with Gasteiger partial charge in [0.15, 0.2) is 0 Å². The zero-order valence-corrected chi connectivity index (χ0v) is 9.42. The molecule has 0 spiro atoms. The van der Waals surface area contributed by atoms with E-state index in [0.29, 0.717) is 0 Å². The molecule has 88 valence electrons. The van der Waals surface area contributed by atoms with Gasteiger partial charge in [0.05, 0.1) is 12.1 Å². The van der Waals surface area contributed by atoms with Crippen molar-refractivity contribution >= 4 is 16.9 Å². The topological polar surface area (TPSA) is 62.5 Å². The van der Waals surface area contributed by atoms with E-state index in [4.69, 9.17) is 5.11 Å². The second kappa shape index (κ2) is 4.33.